The Labute approximate surface area is 232 Å². The van der Waals surface area contributed by atoms with Crippen LogP contribution in [0.4, 0.5) is 0 Å². The van der Waals surface area contributed by atoms with Gasteiger partial charge in [0.05, 0.1) is 23.2 Å². The van der Waals surface area contributed by atoms with Crippen LogP contribution in [-0.4, -0.2) is 80.6 Å². The largest absolute Gasteiger partial charge is 0.465 e. The number of carbonyl (C=O) groups excluding carboxylic acids is 3. The van der Waals surface area contributed by atoms with E-state index >= 15 is 0 Å². The molecule has 8 heteroatoms. The summed E-state index contributed by atoms with van der Waals surface area (Å²) in [5.74, 6) is -1.43. The Kier molecular flexibility index (Phi) is 9.67. The number of nitrogens with zero attached hydrogens (tertiary/aromatic N) is 2. The number of rotatable bonds is 14. The van der Waals surface area contributed by atoms with Crippen molar-refractivity contribution >= 4 is 29.5 Å². The summed E-state index contributed by atoms with van der Waals surface area (Å²) in [5, 5.41) is 9.16. The molecular formula is C30H46N2O5S. The number of fused-ring (bicyclic) bond motifs is 1. The van der Waals surface area contributed by atoms with Crippen molar-refractivity contribution < 1.29 is 24.2 Å². The lowest BCUT2D eigenvalue weighted by molar-refractivity contribution is -0.155. The maximum absolute atomic E-state index is 14.6. The molecule has 2 amide bonds. The Morgan fingerprint density at radius 2 is 1.87 bits per heavy atom. The van der Waals surface area contributed by atoms with Crippen molar-refractivity contribution in [3.8, 4) is 0 Å². The van der Waals surface area contributed by atoms with Crippen LogP contribution in [0.15, 0.2) is 25.3 Å². The van der Waals surface area contributed by atoms with Crippen molar-refractivity contribution in [3.63, 3.8) is 0 Å². The summed E-state index contributed by atoms with van der Waals surface area (Å²) in [5.41, 5.74) is 0. The SMILES string of the molecule is C=CCCOC(=O)[C@@H]1[C@H]2C(=O)N(CCCCCCO)C(C(=O)N(CC=C)C3CCCCC3)C23CC[C@@]1(C)S3. The molecule has 2 bridgehead atoms. The van der Waals surface area contributed by atoms with Gasteiger partial charge in [0.15, 0.2) is 0 Å². The molecule has 0 aromatic rings. The number of thioether (sulfide) groups is 1. The van der Waals surface area contributed by atoms with Crippen molar-refractivity contribution in [1.82, 2.24) is 9.80 Å². The predicted octanol–water partition coefficient (Wildman–Crippen LogP) is 4.49. The van der Waals surface area contributed by atoms with E-state index in [1.54, 1.807) is 23.9 Å². The Hall–Kier alpha value is -1.80. The molecule has 1 aliphatic carbocycles. The number of hydrogen-bond donors (Lipinski definition) is 1. The number of esters is 1. The average Bonchev–Trinajstić information content (AvgIpc) is 3.48. The summed E-state index contributed by atoms with van der Waals surface area (Å²) in [6.45, 7) is 11.1. The molecule has 4 fully saturated rings. The molecule has 1 spiro atoms. The third kappa shape index (κ3) is 5.32. The molecule has 4 aliphatic rings. The second kappa shape index (κ2) is 12.6. The normalized spacial score (nSPS) is 32.3. The number of hydrogen-bond acceptors (Lipinski definition) is 6. The van der Waals surface area contributed by atoms with E-state index in [2.05, 4.69) is 20.1 Å². The number of carbonyl (C=O) groups is 3. The van der Waals surface area contributed by atoms with E-state index in [4.69, 9.17) is 9.84 Å². The topological polar surface area (TPSA) is 87.1 Å². The maximum Gasteiger partial charge on any atom is 0.311 e. The molecule has 38 heavy (non-hydrogen) atoms. The number of likely N-dealkylation sites (tertiary alicyclic amines) is 1. The zero-order valence-corrected chi connectivity index (χ0v) is 23.9. The van der Waals surface area contributed by atoms with Crippen molar-refractivity contribution in [3.05, 3.63) is 25.3 Å². The van der Waals surface area contributed by atoms with Crippen molar-refractivity contribution in [2.45, 2.75) is 106 Å². The molecule has 0 aromatic carbocycles. The van der Waals surface area contributed by atoms with Crippen LogP contribution < -0.4 is 0 Å². The fourth-order valence-electron chi connectivity index (χ4n) is 7.49. The number of ether oxygens (including phenoxy) is 1. The van der Waals surface area contributed by atoms with Gasteiger partial charge in [0.25, 0.3) is 0 Å². The fourth-order valence-corrected chi connectivity index (χ4v) is 9.83. The van der Waals surface area contributed by atoms with Crippen molar-refractivity contribution in [2.75, 3.05) is 26.3 Å². The summed E-state index contributed by atoms with van der Waals surface area (Å²) < 4.78 is 4.63. The average molecular weight is 547 g/mol. The van der Waals surface area contributed by atoms with Gasteiger partial charge in [-0.15, -0.1) is 24.9 Å². The van der Waals surface area contributed by atoms with Gasteiger partial charge in [-0.05, 0) is 51.9 Å². The van der Waals surface area contributed by atoms with E-state index in [9.17, 15) is 14.4 Å². The molecule has 2 unspecified atom stereocenters. The van der Waals surface area contributed by atoms with E-state index in [0.717, 1.165) is 64.2 Å². The van der Waals surface area contributed by atoms with Crippen LogP contribution in [0.3, 0.4) is 0 Å². The van der Waals surface area contributed by atoms with Crippen LogP contribution in [0, 0.1) is 11.8 Å². The van der Waals surface area contributed by atoms with E-state index < -0.39 is 27.4 Å². The second-order valence-electron chi connectivity index (χ2n) is 11.7. The van der Waals surface area contributed by atoms with Crippen molar-refractivity contribution in [2.24, 2.45) is 11.8 Å². The van der Waals surface area contributed by atoms with Gasteiger partial charge in [-0.25, -0.2) is 0 Å². The highest BCUT2D eigenvalue weighted by atomic mass is 32.2. The predicted molar refractivity (Wildman–Crippen MR) is 151 cm³/mol. The van der Waals surface area contributed by atoms with E-state index in [0.29, 0.717) is 19.5 Å². The first-order chi connectivity index (χ1) is 18.3. The van der Waals surface area contributed by atoms with E-state index in [1.165, 1.54) is 6.42 Å². The van der Waals surface area contributed by atoms with Gasteiger partial charge in [0, 0.05) is 30.5 Å². The second-order valence-corrected chi connectivity index (χ2v) is 13.6. The Morgan fingerprint density at radius 3 is 2.55 bits per heavy atom. The van der Waals surface area contributed by atoms with Gasteiger partial charge < -0.3 is 19.6 Å². The number of unbranched alkanes of at least 4 members (excludes halogenated alkanes) is 3. The third-order valence-electron chi connectivity index (χ3n) is 9.26. The molecule has 0 aromatic heterocycles. The molecule has 3 aliphatic heterocycles. The monoisotopic (exact) mass is 546 g/mol. The van der Waals surface area contributed by atoms with Crippen LogP contribution in [-0.2, 0) is 19.1 Å². The van der Waals surface area contributed by atoms with Gasteiger partial charge in [0.1, 0.15) is 6.04 Å². The van der Waals surface area contributed by atoms with Gasteiger partial charge in [-0.3, -0.25) is 14.4 Å². The highest BCUT2D eigenvalue weighted by molar-refractivity contribution is 8.02. The number of amides is 2. The third-order valence-corrected chi connectivity index (χ3v) is 11.2. The summed E-state index contributed by atoms with van der Waals surface area (Å²) in [7, 11) is 0. The zero-order chi connectivity index (χ0) is 27.3. The fraction of sp³-hybridized carbons (Fsp3) is 0.767. The van der Waals surface area contributed by atoms with Crippen molar-refractivity contribution in [1.29, 1.82) is 0 Å². The quantitative estimate of drug-likeness (QED) is 0.196. The van der Waals surface area contributed by atoms with Gasteiger partial charge in [0.2, 0.25) is 11.8 Å². The summed E-state index contributed by atoms with van der Waals surface area (Å²) in [6, 6.07) is -0.400. The van der Waals surface area contributed by atoms with Crippen LogP contribution >= 0.6 is 11.8 Å². The minimum Gasteiger partial charge on any atom is -0.465 e. The lowest BCUT2D eigenvalue weighted by Crippen LogP contribution is -2.57. The van der Waals surface area contributed by atoms with Crippen LogP contribution in [0.25, 0.3) is 0 Å². The van der Waals surface area contributed by atoms with Crippen LogP contribution in [0.2, 0.25) is 0 Å². The smallest absolute Gasteiger partial charge is 0.311 e. The van der Waals surface area contributed by atoms with Crippen LogP contribution in [0.1, 0.15) is 84.0 Å². The van der Waals surface area contributed by atoms with E-state index in [-0.39, 0.29) is 37.0 Å². The molecule has 1 saturated carbocycles. The lowest BCUT2D eigenvalue weighted by Gasteiger charge is -2.41. The Bertz CT molecular complexity index is 905. The summed E-state index contributed by atoms with van der Waals surface area (Å²) >= 11 is 1.71. The molecule has 5 atom stereocenters. The lowest BCUT2D eigenvalue weighted by atomic mass is 9.66. The van der Waals surface area contributed by atoms with Gasteiger partial charge in [-0.2, -0.15) is 0 Å². The first kappa shape index (κ1) is 29.2. The minimum atomic E-state index is -0.607. The Morgan fingerprint density at radius 1 is 1.13 bits per heavy atom. The summed E-state index contributed by atoms with van der Waals surface area (Å²) in [6.07, 6.45) is 14.3. The maximum atomic E-state index is 14.6. The molecule has 3 heterocycles. The first-order valence-electron chi connectivity index (χ1n) is 14.6. The minimum absolute atomic E-state index is 0.0282. The first-order valence-corrected chi connectivity index (χ1v) is 15.5. The summed E-state index contributed by atoms with van der Waals surface area (Å²) in [4.78, 5) is 46.0. The van der Waals surface area contributed by atoms with Gasteiger partial charge in [-0.1, -0.05) is 44.3 Å². The molecule has 212 valence electrons. The zero-order valence-electron chi connectivity index (χ0n) is 23.1. The van der Waals surface area contributed by atoms with E-state index in [1.807, 2.05) is 9.80 Å². The molecule has 7 nitrogen and oxygen atoms in total. The Balaban J connectivity index is 1.66. The molecule has 3 saturated heterocycles. The number of aliphatic hydroxyl groups excluding tert-OH is 1. The number of aliphatic hydroxyl groups is 1. The van der Waals surface area contributed by atoms with Crippen LogP contribution in [0.5, 0.6) is 0 Å². The highest BCUT2D eigenvalue weighted by Gasteiger charge is 2.77. The molecule has 0 radical (unpaired) electrons. The molecular weight excluding hydrogens is 500 g/mol. The standard InChI is InChI=1S/C30H46N2O5S/c1-4-6-21-37-28(36)24-23-26(34)32(19-12-7-8-13-20-33)25(30(23)17-16-29(24,3)38-30)27(35)31(18-5-2)22-14-10-9-11-15-22/h4-5,22-25,33H,1-2,6-21H2,3H3/t23-,24-,25?,29+,30?/m0/s1. The van der Waals surface area contributed by atoms with Gasteiger partial charge >= 0.3 is 5.97 Å². The molecule has 4 rings (SSSR count). The molecule has 1 N–H and O–H groups in total. The highest BCUT2D eigenvalue weighted by Crippen LogP contribution is 2.71.